The predicted molar refractivity (Wildman–Crippen MR) is 121 cm³/mol. The zero-order valence-electron chi connectivity index (χ0n) is 17.1. The molecule has 0 spiro atoms. The van der Waals surface area contributed by atoms with E-state index in [0.717, 1.165) is 6.16 Å². The maximum atomic E-state index is 7.44. The molecule has 0 heterocycles. The second-order valence-electron chi connectivity index (χ2n) is 8.00. The van der Waals surface area contributed by atoms with Crippen molar-refractivity contribution in [1.82, 2.24) is 0 Å². The molecule has 0 bridgehead atoms. The van der Waals surface area contributed by atoms with Crippen molar-refractivity contribution in [2.45, 2.75) is 91.1 Å². The normalized spacial score (nSPS) is 13.5. The Morgan fingerprint density at radius 1 is 0.680 bits per heavy atom. The first-order chi connectivity index (χ1) is 12.1. The van der Waals surface area contributed by atoms with Crippen LogP contribution in [0.5, 0.6) is 0 Å². The van der Waals surface area contributed by atoms with Crippen molar-refractivity contribution in [3.05, 3.63) is 35.9 Å². The van der Waals surface area contributed by atoms with Gasteiger partial charge in [-0.15, -0.1) is 0 Å². The van der Waals surface area contributed by atoms with Crippen LogP contribution in [-0.2, 0) is 6.16 Å². The number of unbranched alkanes of at least 4 members (excludes halogenated alkanes) is 9. The van der Waals surface area contributed by atoms with Gasteiger partial charge in [0, 0.05) is 0 Å². The van der Waals surface area contributed by atoms with Gasteiger partial charge in [-0.25, -0.2) is 0 Å². The molecule has 0 amide bonds. The van der Waals surface area contributed by atoms with E-state index in [-0.39, 0.29) is 0 Å². The van der Waals surface area contributed by atoms with Gasteiger partial charge < -0.3 is 0 Å². The van der Waals surface area contributed by atoms with Crippen molar-refractivity contribution in [3.8, 4) is 0 Å². The number of halogens is 1. The van der Waals surface area contributed by atoms with E-state index in [1.54, 1.807) is 0 Å². The van der Waals surface area contributed by atoms with Crippen LogP contribution in [-0.4, -0.2) is 18.5 Å². The molecule has 146 valence electrons. The predicted octanol–water partition coefficient (Wildman–Crippen LogP) is 8.85. The standard InChI is InChI=1S/C23H42ClP/c1-4-7-8-9-10-11-12-13-14-18-21-25(24,5-2,6-3)22-23-19-16-15-17-20-23/h15-17,19-20H,4-14,18,21-22H2,1-3H3. The Morgan fingerprint density at radius 3 is 1.64 bits per heavy atom. The van der Waals surface area contributed by atoms with E-state index in [2.05, 4.69) is 51.1 Å². The molecule has 0 fully saturated rings. The van der Waals surface area contributed by atoms with Gasteiger partial charge in [-0.1, -0.05) is 0 Å². The average molecular weight is 385 g/mol. The Balaban J connectivity index is 2.30. The van der Waals surface area contributed by atoms with E-state index in [1.165, 1.54) is 88.3 Å². The van der Waals surface area contributed by atoms with E-state index in [4.69, 9.17) is 11.2 Å². The monoisotopic (exact) mass is 384 g/mol. The molecule has 0 nitrogen and oxygen atoms in total. The van der Waals surface area contributed by atoms with Crippen LogP contribution in [0.2, 0.25) is 0 Å². The molecule has 0 atom stereocenters. The third-order valence-electron chi connectivity index (χ3n) is 6.07. The van der Waals surface area contributed by atoms with Gasteiger partial charge in [0.15, 0.2) is 0 Å². The summed E-state index contributed by atoms with van der Waals surface area (Å²) < 4.78 is 0. The summed E-state index contributed by atoms with van der Waals surface area (Å²) in [5, 5.41) is 0. The van der Waals surface area contributed by atoms with Crippen LogP contribution in [0, 0.1) is 0 Å². The fourth-order valence-electron chi connectivity index (χ4n) is 3.88. The van der Waals surface area contributed by atoms with Gasteiger partial charge in [0.05, 0.1) is 0 Å². The van der Waals surface area contributed by atoms with E-state index in [0.29, 0.717) is 0 Å². The summed E-state index contributed by atoms with van der Waals surface area (Å²) in [5.74, 6) is -2.09. The summed E-state index contributed by atoms with van der Waals surface area (Å²) in [6.45, 7) is 6.94. The van der Waals surface area contributed by atoms with Crippen molar-refractivity contribution in [1.29, 1.82) is 0 Å². The van der Waals surface area contributed by atoms with Crippen molar-refractivity contribution >= 4 is 17.2 Å². The van der Waals surface area contributed by atoms with Crippen molar-refractivity contribution < 1.29 is 0 Å². The molecule has 0 N–H and O–H groups in total. The molecule has 2 heteroatoms. The molecule has 0 saturated carbocycles. The zero-order valence-corrected chi connectivity index (χ0v) is 18.8. The minimum absolute atomic E-state index is 1.12. The van der Waals surface area contributed by atoms with Gasteiger partial charge in [0.2, 0.25) is 0 Å². The molecule has 0 saturated heterocycles. The number of benzene rings is 1. The second kappa shape index (κ2) is 12.3. The molecule has 0 radical (unpaired) electrons. The third-order valence-corrected chi connectivity index (χ3v) is 14.1. The molecule has 0 aliphatic heterocycles. The summed E-state index contributed by atoms with van der Waals surface area (Å²) in [7, 11) is 0. The van der Waals surface area contributed by atoms with Crippen molar-refractivity contribution in [3.63, 3.8) is 0 Å². The van der Waals surface area contributed by atoms with Gasteiger partial charge in [-0.2, -0.15) is 0 Å². The molecule has 0 unspecified atom stereocenters. The van der Waals surface area contributed by atoms with Gasteiger partial charge in [-0.05, 0) is 0 Å². The first-order valence-corrected chi connectivity index (χ1v) is 14.7. The summed E-state index contributed by atoms with van der Waals surface area (Å²) in [4.78, 5) is 0. The molecular weight excluding hydrogens is 343 g/mol. The van der Waals surface area contributed by atoms with Crippen LogP contribution in [0.25, 0.3) is 0 Å². The van der Waals surface area contributed by atoms with Crippen LogP contribution in [0.1, 0.15) is 90.5 Å². The molecule has 1 aromatic carbocycles. The molecular formula is C23H42ClP. The maximum absolute atomic E-state index is 7.44. The van der Waals surface area contributed by atoms with Crippen LogP contribution >= 0.6 is 17.2 Å². The Hall–Kier alpha value is -0.0600. The molecule has 0 aliphatic rings. The van der Waals surface area contributed by atoms with Crippen molar-refractivity contribution in [2.75, 3.05) is 18.5 Å². The van der Waals surface area contributed by atoms with Gasteiger partial charge in [-0.3, -0.25) is 0 Å². The van der Waals surface area contributed by atoms with Gasteiger partial charge in [0.1, 0.15) is 0 Å². The summed E-state index contributed by atoms with van der Waals surface area (Å²) in [6.07, 6.45) is 18.8. The quantitative estimate of drug-likeness (QED) is 0.209. The molecule has 0 aromatic heterocycles. The van der Waals surface area contributed by atoms with E-state index in [1.807, 2.05) is 0 Å². The first-order valence-electron chi connectivity index (χ1n) is 10.8. The Labute approximate surface area is 162 Å². The average Bonchev–Trinajstić information content (AvgIpc) is 2.64. The second-order valence-corrected chi connectivity index (χ2v) is 16.5. The Morgan fingerprint density at radius 2 is 1.16 bits per heavy atom. The van der Waals surface area contributed by atoms with Crippen LogP contribution in [0.3, 0.4) is 0 Å². The first kappa shape index (κ1) is 23.0. The van der Waals surface area contributed by atoms with E-state index in [9.17, 15) is 0 Å². The van der Waals surface area contributed by atoms with Crippen LogP contribution in [0.15, 0.2) is 30.3 Å². The Bertz CT molecular complexity index is 439. The summed E-state index contributed by atoms with van der Waals surface area (Å²) >= 11 is 7.44. The Kier molecular flexibility index (Phi) is 11.4. The van der Waals surface area contributed by atoms with Gasteiger partial charge >= 0.3 is 163 Å². The fraction of sp³-hybridized carbons (Fsp3) is 0.739. The molecule has 1 rings (SSSR count). The number of hydrogen-bond donors (Lipinski definition) is 0. The topological polar surface area (TPSA) is 0 Å². The SMILES string of the molecule is CCCCCCCCCCCCP(Cl)(CC)(CC)Cc1ccccc1. The van der Waals surface area contributed by atoms with Gasteiger partial charge in [0.25, 0.3) is 0 Å². The van der Waals surface area contributed by atoms with E-state index < -0.39 is 5.96 Å². The zero-order chi connectivity index (χ0) is 18.5. The third kappa shape index (κ3) is 8.92. The number of rotatable bonds is 15. The summed E-state index contributed by atoms with van der Waals surface area (Å²) in [6, 6.07) is 10.9. The number of hydrogen-bond acceptors (Lipinski definition) is 0. The minimum atomic E-state index is -2.09. The molecule has 0 aliphatic carbocycles. The molecule has 25 heavy (non-hydrogen) atoms. The fourth-order valence-corrected chi connectivity index (χ4v) is 8.47. The van der Waals surface area contributed by atoms with E-state index >= 15 is 0 Å². The van der Waals surface area contributed by atoms with Crippen LogP contribution in [0.4, 0.5) is 0 Å². The molecule has 1 aromatic rings. The summed E-state index contributed by atoms with van der Waals surface area (Å²) in [5.41, 5.74) is 1.44. The van der Waals surface area contributed by atoms with Crippen molar-refractivity contribution in [2.24, 2.45) is 0 Å². The van der Waals surface area contributed by atoms with Crippen LogP contribution < -0.4 is 0 Å².